The molecule has 1 aliphatic carbocycles. The van der Waals surface area contributed by atoms with Crippen molar-refractivity contribution in [1.29, 1.82) is 0 Å². The molecule has 4 heteroatoms. The Balaban J connectivity index is 2.20. The van der Waals surface area contributed by atoms with Crippen molar-refractivity contribution in [3.8, 4) is 0 Å². The molecule has 1 saturated carbocycles. The number of methoxy groups -OCH3 is 1. The second kappa shape index (κ2) is 7.31. The molecule has 0 aromatic carbocycles. The van der Waals surface area contributed by atoms with Crippen LogP contribution < -0.4 is 0 Å². The molecule has 1 rings (SSSR count). The topological polar surface area (TPSA) is 63.6 Å². The second-order valence-corrected chi connectivity index (χ2v) is 4.88. The average molecular weight is 254 g/mol. The minimum absolute atomic E-state index is 0.0446. The number of Topliss-reactive ketones (excluding diaryl/α,β-unsaturated/α-hetero) is 1. The van der Waals surface area contributed by atoms with Crippen LogP contribution in [-0.2, 0) is 14.3 Å². The first-order valence-electron chi connectivity index (χ1n) is 6.48. The SMILES string of the molecule is COC(=O)CCCC=CC[C@H]1C(=O)C[C@@H](O)[C@@H]1C. The number of carbonyl (C=O) groups is 2. The fourth-order valence-corrected chi connectivity index (χ4v) is 2.28. The van der Waals surface area contributed by atoms with Crippen molar-refractivity contribution in [2.45, 2.75) is 45.1 Å². The first-order valence-corrected chi connectivity index (χ1v) is 6.48. The van der Waals surface area contributed by atoms with Crippen molar-refractivity contribution in [3.05, 3.63) is 12.2 Å². The zero-order chi connectivity index (χ0) is 13.5. The van der Waals surface area contributed by atoms with E-state index < -0.39 is 6.10 Å². The lowest BCUT2D eigenvalue weighted by atomic mass is 9.93. The number of unbranched alkanes of at least 4 members (excludes halogenated alkanes) is 1. The predicted octanol–water partition coefficient (Wildman–Crippen LogP) is 1.86. The highest BCUT2D eigenvalue weighted by Crippen LogP contribution is 2.31. The van der Waals surface area contributed by atoms with Crippen molar-refractivity contribution in [3.63, 3.8) is 0 Å². The Kier molecular flexibility index (Phi) is 6.05. The number of ether oxygens (including phenoxy) is 1. The third kappa shape index (κ3) is 4.26. The maximum absolute atomic E-state index is 11.6. The number of esters is 1. The van der Waals surface area contributed by atoms with Crippen LogP contribution in [0.3, 0.4) is 0 Å². The van der Waals surface area contributed by atoms with Crippen LogP contribution in [0.5, 0.6) is 0 Å². The normalized spacial score (nSPS) is 27.9. The van der Waals surface area contributed by atoms with Crippen LogP contribution in [0.25, 0.3) is 0 Å². The van der Waals surface area contributed by atoms with E-state index in [0.717, 1.165) is 12.8 Å². The molecule has 18 heavy (non-hydrogen) atoms. The highest BCUT2D eigenvalue weighted by Gasteiger charge is 2.37. The molecule has 0 aromatic heterocycles. The smallest absolute Gasteiger partial charge is 0.305 e. The third-order valence-corrected chi connectivity index (χ3v) is 3.60. The Bertz CT molecular complexity index is 322. The van der Waals surface area contributed by atoms with E-state index in [-0.39, 0.29) is 23.6 Å². The number of hydrogen-bond acceptors (Lipinski definition) is 4. The van der Waals surface area contributed by atoms with Gasteiger partial charge in [-0.15, -0.1) is 0 Å². The van der Waals surface area contributed by atoms with Gasteiger partial charge in [-0.3, -0.25) is 9.59 Å². The van der Waals surface area contributed by atoms with Crippen molar-refractivity contribution < 1.29 is 19.4 Å². The molecule has 102 valence electrons. The van der Waals surface area contributed by atoms with Gasteiger partial charge in [-0.25, -0.2) is 0 Å². The molecule has 0 heterocycles. The molecule has 1 N–H and O–H groups in total. The van der Waals surface area contributed by atoms with E-state index in [1.54, 1.807) is 0 Å². The fourth-order valence-electron chi connectivity index (χ4n) is 2.28. The van der Waals surface area contributed by atoms with Crippen LogP contribution in [0.15, 0.2) is 12.2 Å². The summed E-state index contributed by atoms with van der Waals surface area (Å²) in [5, 5.41) is 9.57. The van der Waals surface area contributed by atoms with Gasteiger partial charge in [-0.1, -0.05) is 19.1 Å². The molecule has 0 aliphatic heterocycles. The van der Waals surface area contributed by atoms with Gasteiger partial charge < -0.3 is 9.84 Å². The number of aliphatic hydroxyl groups is 1. The van der Waals surface area contributed by atoms with E-state index in [1.807, 2.05) is 19.1 Å². The second-order valence-electron chi connectivity index (χ2n) is 4.88. The lowest BCUT2D eigenvalue weighted by molar-refractivity contribution is -0.140. The van der Waals surface area contributed by atoms with Crippen LogP contribution in [0.1, 0.15) is 39.0 Å². The summed E-state index contributed by atoms with van der Waals surface area (Å²) < 4.78 is 4.54. The average Bonchev–Trinajstić information content (AvgIpc) is 2.59. The predicted molar refractivity (Wildman–Crippen MR) is 67.9 cm³/mol. The maximum Gasteiger partial charge on any atom is 0.305 e. The van der Waals surface area contributed by atoms with E-state index in [4.69, 9.17) is 0 Å². The Morgan fingerprint density at radius 3 is 2.78 bits per heavy atom. The molecular weight excluding hydrogens is 232 g/mol. The Labute approximate surface area is 108 Å². The summed E-state index contributed by atoms with van der Waals surface area (Å²) in [5.41, 5.74) is 0. The quantitative estimate of drug-likeness (QED) is 0.446. The van der Waals surface area contributed by atoms with Gasteiger partial charge in [0.05, 0.1) is 13.2 Å². The molecule has 0 amide bonds. The van der Waals surface area contributed by atoms with Crippen molar-refractivity contribution in [2.75, 3.05) is 7.11 Å². The van der Waals surface area contributed by atoms with E-state index >= 15 is 0 Å². The number of carbonyl (C=O) groups excluding carboxylic acids is 2. The maximum atomic E-state index is 11.6. The summed E-state index contributed by atoms with van der Waals surface area (Å²) in [6.07, 6.45) is 6.49. The van der Waals surface area contributed by atoms with Gasteiger partial charge >= 0.3 is 5.97 Å². The monoisotopic (exact) mass is 254 g/mol. The fraction of sp³-hybridized carbons (Fsp3) is 0.714. The molecule has 1 fully saturated rings. The molecule has 0 bridgehead atoms. The Morgan fingerprint density at radius 1 is 1.50 bits per heavy atom. The van der Waals surface area contributed by atoms with Gasteiger partial charge in [0.25, 0.3) is 0 Å². The largest absolute Gasteiger partial charge is 0.469 e. The number of hydrogen-bond donors (Lipinski definition) is 1. The summed E-state index contributed by atoms with van der Waals surface area (Å²) in [6.45, 7) is 1.92. The van der Waals surface area contributed by atoms with Gasteiger partial charge in [0.2, 0.25) is 0 Å². The van der Waals surface area contributed by atoms with Gasteiger partial charge in [0.15, 0.2) is 0 Å². The minimum Gasteiger partial charge on any atom is -0.469 e. The molecule has 0 aromatic rings. The molecule has 0 saturated heterocycles. The van der Waals surface area contributed by atoms with Crippen LogP contribution in [0, 0.1) is 11.8 Å². The van der Waals surface area contributed by atoms with Crippen molar-refractivity contribution in [1.82, 2.24) is 0 Å². The van der Waals surface area contributed by atoms with Crippen LogP contribution in [-0.4, -0.2) is 30.1 Å². The molecule has 0 radical (unpaired) electrons. The van der Waals surface area contributed by atoms with Crippen molar-refractivity contribution in [2.24, 2.45) is 11.8 Å². The van der Waals surface area contributed by atoms with Gasteiger partial charge in [0, 0.05) is 18.8 Å². The number of aliphatic hydroxyl groups excluding tert-OH is 1. The van der Waals surface area contributed by atoms with Crippen molar-refractivity contribution >= 4 is 11.8 Å². The Hall–Kier alpha value is -1.16. The summed E-state index contributed by atoms with van der Waals surface area (Å²) in [6, 6.07) is 0. The summed E-state index contributed by atoms with van der Waals surface area (Å²) >= 11 is 0. The Morgan fingerprint density at radius 2 is 2.22 bits per heavy atom. The van der Waals surface area contributed by atoms with E-state index in [9.17, 15) is 14.7 Å². The lowest BCUT2D eigenvalue weighted by Crippen LogP contribution is -2.16. The standard InChI is InChI=1S/C14H22O4/c1-10-11(13(16)9-12(10)15)7-5-3-4-6-8-14(17)18-2/h3,5,10-12,15H,4,6-9H2,1-2H3/t10-,11-,12-/m1/s1. The number of allylic oxidation sites excluding steroid dienone is 2. The van der Waals surface area contributed by atoms with Crippen LogP contribution in [0.4, 0.5) is 0 Å². The lowest BCUT2D eigenvalue weighted by Gasteiger charge is -2.13. The third-order valence-electron chi connectivity index (χ3n) is 3.60. The number of ketones is 1. The highest BCUT2D eigenvalue weighted by atomic mass is 16.5. The van der Waals surface area contributed by atoms with Crippen LogP contribution >= 0.6 is 0 Å². The zero-order valence-corrected chi connectivity index (χ0v) is 11.1. The summed E-state index contributed by atoms with van der Waals surface area (Å²) in [4.78, 5) is 22.4. The van der Waals surface area contributed by atoms with Gasteiger partial charge in [0.1, 0.15) is 5.78 Å². The first-order chi connectivity index (χ1) is 8.56. The molecule has 0 unspecified atom stereocenters. The minimum atomic E-state index is -0.477. The summed E-state index contributed by atoms with van der Waals surface area (Å²) in [7, 11) is 1.39. The van der Waals surface area contributed by atoms with E-state index in [0.29, 0.717) is 19.3 Å². The highest BCUT2D eigenvalue weighted by molar-refractivity contribution is 5.84. The van der Waals surface area contributed by atoms with Gasteiger partial charge in [-0.2, -0.15) is 0 Å². The zero-order valence-electron chi connectivity index (χ0n) is 11.1. The van der Waals surface area contributed by atoms with E-state index in [2.05, 4.69) is 4.74 Å². The van der Waals surface area contributed by atoms with Gasteiger partial charge in [-0.05, 0) is 25.2 Å². The van der Waals surface area contributed by atoms with Crippen LogP contribution in [0.2, 0.25) is 0 Å². The van der Waals surface area contributed by atoms with E-state index in [1.165, 1.54) is 7.11 Å². The molecular formula is C14H22O4. The number of rotatable bonds is 6. The molecule has 3 atom stereocenters. The summed E-state index contributed by atoms with van der Waals surface area (Å²) in [5.74, 6) is -0.0191. The molecule has 1 aliphatic rings. The molecule has 4 nitrogen and oxygen atoms in total. The molecule has 0 spiro atoms. The first kappa shape index (κ1) is 14.9.